The number of sulfone groups is 1. The first-order valence-electron chi connectivity index (χ1n) is 7.32. The number of benzene rings is 1. The van der Waals surface area contributed by atoms with Gasteiger partial charge < -0.3 is 15.4 Å². The fraction of sp³-hybridized carbons (Fsp3) is 0.533. The van der Waals surface area contributed by atoms with Crippen molar-refractivity contribution >= 4 is 15.8 Å². The van der Waals surface area contributed by atoms with Crippen molar-refractivity contribution in [2.24, 2.45) is 4.99 Å². The first kappa shape index (κ1) is 19.4. The minimum Gasteiger partial charge on any atom is -0.383 e. The molecular weight excluding hydrogens is 321 g/mol. The molecule has 1 aromatic carbocycles. The molecule has 0 heterocycles. The first-order valence-corrected chi connectivity index (χ1v) is 9.38. The Hall–Kier alpha value is -1.67. The largest absolute Gasteiger partial charge is 0.383 e. The predicted molar refractivity (Wildman–Crippen MR) is 89.6 cm³/mol. The minimum atomic E-state index is -3.20. The molecule has 0 aliphatic heterocycles. The molecule has 0 amide bonds. The smallest absolute Gasteiger partial charge is 0.191 e. The molecule has 0 unspecified atom stereocenters. The summed E-state index contributed by atoms with van der Waals surface area (Å²) in [5.41, 5.74) is 1.12. The summed E-state index contributed by atoms with van der Waals surface area (Å²) in [4.78, 5) is 4.36. The van der Waals surface area contributed by atoms with Gasteiger partial charge >= 0.3 is 0 Å². The van der Waals surface area contributed by atoms with E-state index in [9.17, 15) is 12.8 Å². The second-order valence-electron chi connectivity index (χ2n) is 5.10. The molecule has 6 nitrogen and oxygen atoms in total. The molecule has 1 aromatic rings. The lowest BCUT2D eigenvalue weighted by molar-refractivity contribution is 0.203. The van der Waals surface area contributed by atoms with Crippen LogP contribution in [0.25, 0.3) is 0 Å². The predicted octanol–water partition coefficient (Wildman–Crippen LogP) is 1.07. The van der Waals surface area contributed by atoms with E-state index in [0.29, 0.717) is 36.8 Å². The summed E-state index contributed by atoms with van der Waals surface area (Å²) in [6.45, 7) is 3.92. The maximum atomic E-state index is 13.5. The number of nitrogens with zero attached hydrogens (tertiary/aromatic N) is 1. The van der Waals surface area contributed by atoms with Crippen LogP contribution in [-0.4, -0.2) is 47.4 Å². The standard InChI is InChI=1S/C15H24FN3O3S/c1-4-17-15(18-7-8-22-2)19-10-13-9-14(16)6-5-12(13)11-23(3,20)21/h5-6,9H,4,7-8,10-11H2,1-3H3,(H2,17,18,19). The van der Waals surface area contributed by atoms with Crippen LogP contribution in [0.3, 0.4) is 0 Å². The minimum absolute atomic E-state index is 0.133. The average Bonchev–Trinajstić information content (AvgIpc) is 2.46. The van der Waals surface area contributed by atoms with Gasteiger partial charge in [0.2, 0.25) is 0 Å². The summed E-state index contributed by atoms with van der Waals surface area (Å²) in [5, 5.41) is 6.14. The summed E-state index contributed by atoms with van der Waals surface area (Å²) >= 11 is 0. The van der Waals surface area contributed by atoms with Gasteiger partial charge in [0, 0.05) is 26.5 Å². The van der Waals surface area contributed by atoms with Crippen LogP contribution in [0.2, 0.25) is 0 Å². The Morgan fingerprint density at radius 2 is 2.04 bits per heavy atom. The molecule has 0 aliphatic carbocycles. The zero-order valence-corrected chi connectivity index (χ0v) is 14.5. The van der Waals surface area contributed by atoms with Crippen molar-refractivity contribution in [3.8, 4) is 0 Å². The fourth-order valence-electron chi connectivity index (χ4n) is 1.94. The third-order valence-electron chi connectivity index (χ3n) is 2.94. The third-order valence-corrected chi connectivity index (χ3v) is 3.77. The number of aliphatic imine (C=N–C) groups is 1. The van der Waals surface area contributed by atoms with Gasteiger partial charge in [-0.3, -0.25) is 0 Å². The Morgan fingerprint density at radius 3 is 2.65 bits per heavy atom. The van der Waals surface area contributed by atoms with E-state index in [1.165, 1.54) is 18.2 Å². The van der Waals surface area contributed by atoms with Gasteiger partial charge in [-0.2, -0.15) is 0 Å². The van der Waals surface area contributed by atoms with E-state index < -0.39 is 15.7 Å². The normalized spacial score (nSPS) is 12.3. The van der Waals surface area contributed by atoms with Gasteiger partial charge in [-0.15, -0.1) is 0 Å². The van der Waals surface area contributed by atoms with Crippen LogP contribution in [0.5, 0.6) is 0 Å². The molecule has 0 aromatic heterocycles. The molecule has 8 heteroatoms. The van der Waals surface area contributed by atoms with Crippen molar-refractivity contribution in [2.45, 2.75) is 19.2 Å². The molecule has 1 rings (SSSR count). The average molecular weight is 345 g/mol. The lowest BCUT2D eigenvalue weighted by Crippen LogP contribution is -2.38. The molecule has 0 radical (unpaired) electrons. The maximum absolute atomic E-state index is 13.5. The van der Waals surface area contributed by atoms with Crippen molar-refractivity contribution < 1.29 is 17.5 Å². The number of nitrogens with one attached hydrogen (secondary N) is 2. The Labute approximate surface area is 137 Å². The molecule has 0 saturated heterocycles. The highest BCUT2D eigenvalue weighted by molar-refractivity contribution is 7.89. The van der Waals surface area contributed by atoms with Crippen LogP contribution in [0.15, 0.2) is 23.2 Å². The van der Waals surface area contributed by atoms with E-state index in [1.54, 1.807) is 7.11 Å². The Morgan fingerprint density at radius 1 is 1.30 bits per heavy atom. The molecular formula is C15H24FN3O3S. The van der Waals surface area contributed by atoms with Crippen molar-refractivity contribution in [3.05, 3.63) is 35.1 Å². The van der Waals surface area contributed by atoms with Gasteiger partial charge in [-0.05, 0) is 30.2 Å². The quantitative estimate of drug-likeness (QED) is 0.419. The van der Waals surface area contributed by atoms with Gasteiger partial charge in [-0.1, -0.05) is 6.07 Å². The number of guanidine groups is 1. The van der Waals surface area contributed by atoms with Crippen LogP contribution in [0.4, 0.5) is 4.39 Å². The number of rotatable bonds is 8. The molecule has 0 fully saturated rings. The highest BCUT2D eigenvalue weighted by atomic mass is 32.2. The van der Waals surface area contributed by atoms with Crippen LogP contribution in [0.1, 0.15) is 18.1 Å². The van der Waals surface area contributed by atoms with E-state index >= 15 is 0 Å². The number of halogens is 1. The summed E-state index contributed by atoms with van der Waals surface area (Å²) in [6.07, 6.45) is 1.15. The summed E-state index contributed by atoms with van der Waals surface area (Å²) in [5.74, 6) is 0.0232. The van der Waals surface area contributed by atoms with Crippen LogP contribution in [-0.2, 0) is 26.9 Å². The number of hydrogen-bond acceptors (Lipinski definition) is 4. The van der Waals surface area contributed by atoms with E-state index in [0.717, 1.165) is 6.26 Å². The van der Waals surface area contributed by atoms with E-state index in [1.807, 2.05) is 6.92 Å². The highest BCUT2D eigenvalue weighted by Crippen LogP contribution is 2.15. The Balaban J connectivity index is 2.91. The zero-order chi connectivity index (χ0) is 17.3. The molecule has 0 aliphatic rings. The second-order valence-corrected chi connectivity index (χ2v) is 7.24. The number of methoxy groups -OCH3 is 1. The zero-order valence-electron chi connectivity index (χ0n) is 13.7. The molecule has 0 spiro atoms. The van der Waals surface area contributed by atoms with Crippen LogP contribution < -0.4 is 10.6 Å². The first-order chi connectivity index (χ1) is 10.9. The van der Waals surface area contributed by atoms with Gasteiger partial charge in [-0.25, -0.2) is 17.8 Å². The highest BCUT2D eigenvalue weighted by Gasteiger charge is 2.10. The van der Waals surface area contributed by atoms with Crippen LogP contribution in [0, 0.1) is 5.82 Å². The Bertz CT molecular complexity index is 633. The SMILES string of the molecule is CCNC(=NCc1cc(F)ccc1CS(C)(=O)=O)NCCOC. The molecule has 130 valence electrons. The Kier molecular flexibility index (Phi) is 7.97. The summed E-state index contributed by atoms with van der Waals surface area (Å²) in [6, 6.07) is 4.07. The molecule has 2 N–H and O–H groups in total. The van der Waals surface area contributed by atoms with E-state index in [2.05, 4.69) is 15.6 Å². The molecule has 0 saturated carbocycles. The number of ether oxygens (including phenoxy) is 1. The van der Waals surface area contributed by atoms with Crippen molar-refractivity contribution in [2.75, 3.05) is 33.1 Å². The molecule has 0 atom stereocenters. The van der Waals surface area contributed by atoms with Gasteiger partial charge in [0.05, 0.1) is 18.9 Å². The molecule has 23 heavy (non-hydrogen) atoms. The number of hydrogen-bond donors (Lipinski definition) is 2. The van der Waals surface area contributed by atoms with E-state index in [4.69, 9.17) is 4.74 Å². The van der Waals surface area contributed by atoms with Crippen molar-refractivity contribution in [3.63, 3.8) is 0 Å². The third kappa shape index (κ3) is 7.94. The maximum Gasteiger partial charge on any atom is 0.191 e. The topological polar surface area (TPSA) is 79.8 Å². The van der Waals surface area contributed by atoms with Gasteiger partial charge in [0.15, 0.2) is 15.8 Å². The van der Waals surface area contributed by atoms with E-state index in [-0.39, 0.29) is 12.3 Å². The second kappa shape index (κ2) is 9.46. The fourth-order valence-corrected chi connectivity index (χ4v) is 2.79. The van der Waals surface area contributed by atoms with Gasteiger partial charge in [0.25, 0.3) is 0 Å². The summed E-state index contributed by atoms with van der Waals surface area (Å²) in [7, 11) is -1.59. The summed E-state index contributed by atoms with van der Waals surface area (Å²) < 4.78 is 41.4. The molecule has 0 bridgehead atoms. The lowest BCUT2D eigenvalue weighted by atomic mass is 10.1. The lowest BCUT2D eigenvalue weighted by Gasteiger charge is -2.12. The van der Waals surface area contributed by atoms with Crippen molar-refractivity contribution in [1.29, 1.82) is 0 Å². The van der Waals surface area contributed by atoms with Gasteiger partial charge in [0.1, 0.15) is 5.82 Å². The van der Waals surface area contributed by atoms with Crippen molar-refractivity contribution in [1.82, 2.24) is 10.6 Å². The van der Waals surface area contributed by atoms with Crippen LogP contribution >= 0.6 is 0 Å². The monoisotopic (exact) mass is 345 g/mol.